The van der Waals surface area contributed by atoms with Gasteiger partial charge in [-0.1, -0.05) is 32.0 Å². The van der Waals surface area contributed by atoms with Gasteiger partial charge in [0.05, 0.1) is 12.2 Å². The van der Waals surface area contributed by atoms with Crippen LogP contribution in [0.25, 0.3) is 0 Å². The number of ether oxygens (including phenoxy) is 2. The van der Waals surface area contributed by atoms with Crippen molar-refractivity contribution in [3.8, 4) is 5.75 Å². The summed E-state index contributed by atoms with van der Waals surface area (Å²) in [4.78, 5) is 0. The molecule has 0 radical (unpaired) electrons. The van der Waals surface area contributed by atoms with Crippen LogP contribution in [0.5, 0.6) is 5.75 Å². The normalized spacial score (nSPS) is 14.9. The van der Waals surface area contributed by atoms with Crippen molar-refractivity contribution in [2.24, 2.45) is 5.92 Å². The summed E-state index contributed by atoms with van der Waals surface area (Å²) in [5, 5.41) is 10.4. The van der Waals surface area contributed by atoms with E-state index in [1.165, 1.54) is 0 Å². The van der Waals surface area contributed by atoms with Gasteiger partial charge in [0, 0.05) is 12.7 Å². The van der Waals surface area contributed by atoms with Gasteiger partial charge in [-0.2, -0.15) is 0 Å². The van der Waals surface area contributed by atoms with Crippen LogP contribution < -0.4 is 4.74 Å². The lowest BCUT2D eigenvalue weighted by Gasteiger charge is -2.27. The molecule has 1 rings (SSSR count). The highest BCUT2D eigenvalue weighted by Gasteiger charge is 2.26. The van der Waals surface area contributed by atoms with E-state index in [0.717, 1.165) is 11.3 Å². The minimum atomic E-state index is -0.676. The minimum Gasteiger partial charge on any atom is -0.491 e. The molecule has 1 aromatic rings. The summed E-state index contributed by atoms with van der Waals surface area (Å²) in [6, 6.07) is 7.58. The third kappa shape index (κ3) is 3.72. The number of aliphatic hydroxyl groups is 1. The van der Waals surface area contributed by atoms with Gasteiger partial charge in [-0.15, -0.1) is 0 Å². The fraction of sp³-hybridized carbons (Fsp3) is 0.600. The number of methoxy groups -OCH3 is 1. The molecule has 0 saturated carbocycles. The van der Waals surface area contributed by atoms with Crippen LogP contribution in [0.4, 0.5) is 0 Å². The lowest BCUT2D eigenvalue weighted by molar-refractivity contribution is -0.0403. The lowest BCUT2D eigenvalue weighted by Crippen LogP contribution is -2.27. The number of benzene rings is 1. The van der Waals surface area contributed by atoms with Gasteiger partial charge in [-0.05, 0) is 25.8 Å². The predicted molar refractivity (Wildman–Crippen MR) is 72.8 cm³/mol. The van der Waals surface area contributed by atoms with Crippen LogP contribution in [0, 0.1) is 5.92 Å². The van der Waals surface area contributed by atoms with Crippen LogP contribution >= 0.6 is 0 Å². The van der Waals surface area contributed by atoms with E-state index in [9.17, 15) is 5.11 Å². The lowest BCUT2D eigenvalue weighted by atomic mass is 9.95. The van der Waals surface area contributed by atoms with E-state index in [4.69, 9.17) is 9.47 Å². The zero-order valence-corrected chi connectivity index (χ0v) is 11.9. The Morgan fingerprint density at radius 1 is 1.06 bits per heavy atom. The van der Waals surface area contributed by atoms with Crippen molar-refractivity contribution < 1.29 is 14.6 Å². The van der Waals surface area contributed by atoms with E-state index in [1.54, 1.807) is 7.11 Å². The van der Waals surface area contributed by atoms with Crippen molar-refractivity contribution in [3.05, 3.63) is 29.8 Å². The van der Waals surface area contributed by atoms with E-state index in [1.807, 2.05) is 52.0 Å². The molecule has 2 unspecified atom stereocenters. The second kappa shape index (κ2) is 6.76. The summed E-state index contributed by atoms with van der Waals surface area (Å²) >= 11 is 0. The molecule has 2 atom stereocenters. The third-order valence-corrected chi connectivity index (χ3v) is 2.84. The van der Waals surface area contributed by atoms with Gasteiger partial charge >= 0.3 is 0 Å². The summed E-state index contributed by atoms with van der Waals surface area (Å²) in [6.07, 6.45) is -0.828. The molecule has 3 heteroatoms. The van der Waals surface area contributed by atoms with Crippen LogP contribution in [-0.4, -0.2) is 24.4 Å². The topological polar surface area (TPSA) is 38.7 Å². The van der Waals surface area contributed by atoms with Gasteiger partial charge in [-0.3, -0.25) is 0 Å². The molecule has 0 bridgehead atoms. The zero-order valence-electron chi connectivity index (χ0n) is 11.9. The zero-order chi connectivity index (χ0) is 13.7. The van der Waals surface area contributed by atoms with Crippen molar-refractivity contribution in [2.45, 2.75) is 46.0 Å². The predicted octanol–water partition coefficient (Wildman–Crippen LogP) is 3.18. The SMILES string of the molecule is COC(C(C)C)C(O)c1ccccc1OC(C)C. The molecule has 0 saturated heterocycles. The number of aliphatic hydroxyl groups excluding tert-OH is 1. The summed E-state index contributed by atoms with van der Waals surface area (Å²) in [5.74, 6) is 0.958. The molecule has 0 fully saturated rings. The molecule has 0 spiro atoms. The highest BCUT2D eigenvalue weighted by molar-refractivity contribution is 5.35. The van der Waals surface area contributed by atoms with E-state index < -0.39 is 6.10 Å². The Kier molecular flexibility index (Phi) is 5.63. The maximum Gasteiger partial charge on any atom is 0.125 e. The Bertz CT molecular complexity index is 361. The first kappa shape index (κ1) is 15.0. The quantitative estimate of drug-likeness (QED) is 0.845. The summed E-state index contributed by atoms with van der Waals surface area (Å²) in [6.45, 7) is 8.01. The fourth-order valence-corrected chi connectivity index (χ4v) is 2.03. The van der Waals surface area contributed by atoms with E-state index >= 15 is 0 Å². The Balaban J connectivity index is 3.00. The maximum absolute atomic E-state index is 10.4. The number of hydrogen-bond donors (Lipinski definition) is 1. The van der Waals surface area contributed by atoms with E-state index in [0.29, 0.717) is 0 Å². The summed E-state index contributed by atoms with van der Waals surface area (Å²) < 4.78 is 11.1. The van der Waals surface area contributed by atoms with Crippen molar-refractivity contribution in [1.29, 1.82) is 0 Å². The number of hydrogen-bond acceptors (Lipinski definition) is 3. The van der Waals surface area contributed by atoms with Crippen LogP contribution in [-0.2, 0) is 4.74 Å². The van der Waals surface area contributed by atoms with Crippen LogP contribution in [0.1, 0.15) is 39.4 Å². The molecule has 0 aliphatic rings. The first-order valence-electron chi connectivity index (χ1n) is 6.43. The van der Waals surface area contributed by atoms with Gasteiger partial charge in [0.2, 0.25) is 0 Å². The largest absolute Gasteiger partial charge is 0.491 e. The molecule has 0 aromatic heterocycles. The van der Waals surface area contributed by atoms with Crippen LogP contribution in [0.2, 0.25) is 0 Å². The average Bonchev–Trinajstić information content (AvgIpc) is 2.29. The third-order valence-electron chi connectivity index (χ3n) is 2.84. The molecule has 0 aliphatic carbocycles. The van der Waals surface area contributed by atoms with Gasteiger partial charge in [0.15, 0.2) is 0 Å². The van der Waals surface area contributed by atoms with Crippen molar-refractivity contribution in [1.82, 2.24) is 0 Å². The minimum absolute atomic E-state index is 0.0818. The molecular formula is C15H24O3. The molecular weight excluding hydrogens is 228 g/mol. The molecule has 3 nitrogen and oxygen atoms in total. The van der Waals surface area contributed by atoms with Gasteiger partial charge in [-0.25, -0.2) is 0 Å². The molecule has 1 aromatic carbocycles. The monoisotopic (exact) mass is 252 g/mol. The Labute approximate surface area is 110 Å². The van der Waals surface area contributed by atoms with Gasteiger partial charge in [0.1, 0.15) is 11.9 Å². The summed E-state index contributed by atoms with van der Waals surface area (Å²) in [5.41, 5.74) is 0.784. The van der Waals surface area contributed by atoms with Crippen molar-refractivity contribution >= 4 is 0 Å². The maximum atomic E-state index is 10.4. The first-order chi connectivity index (χ1) is 8.47. The Morgan fingerprint density at radius 2 is 1.67 bits per heavy atom. The Morgan fingerprint density at radius 3 is 2.17 bits per heavy atom. The average molecular weight is 252 g/mol. The molecule has 18 heavy (non-hydrogen) atoms. The number of para-hydroxylation sites is 1. The van der Waals surface area contributed by atoms with E-state index in [-0.39, 0.29) is 18.1 Å². The first-order valence-corrected chi connectivity index (χ1v) is 6.43. The second-order valence-corrected chi connectivity index (χ2v) is 5.09. The molecule has 102 valence electrons. The van der Waals surface area contributed by atoms with Crippen molar-refractivity contribution in [2.75, 3.05) is 7.11 Å². The fourth-order valence-electron chi connectivity index (χ4n) is 2.03. The number of rotatable bonds is 6. The molecule has 0 heterocycles. The van der Waals surface area contributed by atoms with Gasteiger partial charge < -0.3 is 14.6 Å². The van der Waals surface area contributed by atoms with Gasteiger partial charge in [0.25, 0.3) is 0 Å². The Hall–Kier alpha value is -1.06. The second-order valence-electron chi connectivity index (χ2n) is 5.09. The van der Waals surface area contributed by atoms with Crippen molar-refractivity contribution in [3.63, 3.8) is 0 Å². The molecule has 0 amide bonds. The van der Waals surface area contributed by atoms with E-state index in [2.05, 4.69) is 0 Å². The summed E-state index contributed by atoms with van der Waals surface area (Å²) in [7, 11) is 1.62. The van der Waals surface area contributed by atoms with Crippen LogP contribution in [0.15, 0.2) is 24.3 Å². The molecule has 1 N–H and O–H groups in total. The highest BCUT2D eigenvalue weighted by Crippen LogP contribution is 2.31. The highest BCUT2D eigenvalue weighted by atomic mass is 16.5. The standard InChI is InChI=1S/C15H24O3/c1-10(2)15(17-5)14(16)12-8-6-7-9-13(12)18-11(3)4/h6-11,14-16H,1-5H3. The van der Waals surface area contributed by atoms with Crippen LogP contribution in [0.3, 0.4) is 0 Å². The smallest absolute Gasteiger partial charge is 0.125 e. The molecule has 0 aliphatic heterocycles.